The van der Waals surface area contributed by atoms with E-state index in [0.29, 0.717) is 0 Å². The summed E-state index contributed by atoms with van der Waals surface area (Å²) in [5.41, 5.74) is -4.87. The molecule has 2 aromatic carbocycles. The lowest BCUT2D eigenvalue weighted by Crippen LogP contribution is -2.03. The van der Waals surface area contributed by atoms with E-state index in [1.54, 1.807) is 0 Å². The molecule has 0 spiro atoms. The summed E-state index contributed by atoms with van der Waals surface area (Å²) in [6.07, 6.45) is 0. The van der Waals surface area contributed by atoms with Gasteiger partial charge in [0.15, 0.2) is 0 Å². The Morgan fingerprint density at radius 1 is 1.00 bits per heavy atom. The molecule has 2 aromatic rings. The number of sulfone groups is 1. The topological polar surface area (TPSA) is 77.3 Å². The third-order valence-corrected chi connectivity index (χ3v) is 5.21. The monoisotopic (exact) mass is 363 g/mol. The van der Waals surface area contributed by atoms with Gasteiger partial charge in [0, 0.05) is 17.0 Å². The van der Waals surface area contributed by atoms with Crippen molar-refractivity contribution in [2.45, 2.75) is 20.2 Å². The SMILES string of the molecule is O=[N+]([O-])c1cccc(S(=O)(=O)c2ccc(SC(F)(F)F)cc2)c1. The molecule has 0 atom stereocenters. The van der Waals surface area contributed by atoms with E-state index in [1.165, 1.54) is 12.1 Å². The molecule has 0 aliphatic heterocycles. The standard InChI is InChI=1S/C13H8F3NO4S2/c14-13(15,16)22-10-4-6-11(7-5-10)23(20,21)12-3-1-2-9(8-12)17(18)19/h1-8H. The molecular weight excluding hydrogens is 355 g/mol. The minimum Gasteiger partial charge on any atom is -0.258 e. The Morgan fingerprint density at radius 3 is 2.13 bits per heavy atom. The molecule has 0 heterocycles. The number of alkyl halides is 3. The average Bonchev–Trinajstić information content (AvgIpc) is 2.46. The van der Waals surface area contributed by atoms with Crippen molar-refractivity contribution < 1.29 is 26.5 Å². The molecule has 0 aliphatic carbocycles. The molecule has 122 valence electrons. The zero-order valence-electron chi connectivity index (χ0n) is 11.1. The van der Waals surface area contributed by atoms with Crippen LogP contribution < -0.4 is 0 Å². The van der Waals surface area contributed by atoms with Gasteiger partial charge in [0.1, 0.15) is 0 Å². The fourth-order valence-corrected chi connectivity index (χ4v) is 3.56. The lowest BCUT2D eigenvalue weighted by Gasteiger charge is -2.07. The van der Waals surface area contributed by atoms with Crippen LogP contribution in [-0.4, -0.2) is 18.8 Å². The van der Waals surface area contributed by atoms with Crippen molar-refractivity contribution in [2.24, 2.45) is 0 Å². The predicted molar refractivity (Wildman–Crippen MR) is 76.9 cm³/mol. The number of rotatable bonds is 4. The molecular formula is C13H8F3NO4S2. The zero-order valence-corrected chi connectivity index (χ0v) is 12.8. The molecule has 5 nitrogen and oxygen atoms in total. The molecule has 0 bridgehead atoms. The number of hydrogen-bond acceptors (Lipinski definition) is 5. The van der Waals surface area contributed by atoms with Gasteiger partial charge in [-0.3, -0.25) is 10.1 Å². The summed E-state index contributed by atoms with van der Waals surface area (Å²) in [6.45, 7) is 0. The first-order valence-electron chi connectivity index (χ1n) is 5.95. The first-order chi connectivity index (χ1) is 10.6. The van der Waals surface area contributed by atoms with Crippen LogP contribution in [0.15, 0.2) is 63.2 Å². The van der Waals surface area contributed by atoms with Crippen LogP contribution in [0.1, 0.15) is 0 Å². The number of halogens is 3. The van der Waals surface area contributed by atoms with E-state index < -0.39 is 26.0 Å². The van der Waals surface area contributed by atoms with Gasteiger partial charge in [-0.1, -0.05) is 6.07 Å². The van der Waals surface area contributed by atoms with Crippen LogP contribution in [0.5, 0.6) is 0 Å². The molecule has 2 rings (SSSR count). The predicted octanol–water partition coefficient (Wildman–Crippen LogP) is 4.04. The van der Waals surface area contributed by atoms with Crippen molar-refractivity contribution in [3.8, 4) is 0 Å². The quantitative estimate of drug-likeness (QED) is 0.465. The molecule has 0 N–H and O–H groups in total. The van der Waals surface area contributed by atoms with Crippen LogP contribution in [0, 0.1) is 10.1 Å². The summed E-state index contributed by atoms with van der Waals surface area (Å²) in [5.74, 6) is 0. The van der Waals surface area contributed by atoms with Crippen molar-refractivity contribution in [1.82, 2.24) is 0 Å². The molecule has 0 aliphatic rings. The summed E-state index contributed by atoms with van der Waals surface area (Å²) >= 11 is -0.362. The van der Waals surface area contributed by atoms with Gasteiger partial charge in [0.05, 0.1) is 14.7 Å². The van der Waals surface area contributed by atoms with Crippen LogP contribution in [0.25, 0.3) is 0 Å². The Hall–Kier alpha value is -2.07. The lowest BCUT2D eigenvalue weighted by molar-refractivity contribution is -0.385. The zero-order chi connectivity index (χ0) is 17.3. The van der Waals surface area contributed by atoms with E-state index in [9.17, 15) is 31.7 Å². The molecule has 10 heteroatoms. The second-order valence-electron chi connectivity index (χ2n) is 4.28. The van der Waals surface area contributed by atoms with E-state index in [1.807, 2.05) is 0 Å². The van der Waals surface area contributed by atoms with Gasteiger partial charge in [-0.05, 0) is 42.1 Å². The fourth-order valence-electron chi connectivity index (χ4n) is 1.72. The van der Waals surface area contributed by atoms with Gasteiger partial charge >= 0.3 is 5.51 Å². The van der Waals surface area contributed by atoms with E-state index in [4.69, 9.17) is 0 Å². The highest BCUT2D eigenvalue weighted by Gasteiger charge is 2.29. The average molecular weight is 363 g/mol. The van der Waals surface area contributed by atoms with Crippen molar-refractivity contribution in [3.63, 3.8) is 0 Å². The molecule has 0 unspecified atom stereocenters. The second-order valence-corrected chi connectivity index (χ2v) is 7.37. The third-order valence-electron chi connectivity index (χ3n) is 2.71. The minimum absolute atomic E-state index is 0.157. The molecule has 23 heavy (non-hydrogen) atoms. The lowest BCUT2D eigenvalue weighted by atomic mass is 10.3. The first-order valence-corrected chi connectivity index (χ1v) is 8.25. The van der Waals surface area contributed by atoms with Crippen LogP contribution in [-0.2, 0) is 9.84 Å². The number of nitro benzene ring substituents is 1. The maximum atomic E-state index is 12.4. The van der Waals surface area contributed by atoms with Crippen LogP contribution >= 0.6 is 11.8 Å². The number of nitrogens with zero attached hydrogens (tertiary/aromatic N) is 1. The first kappa shape index (κ1) is 17.3. The fraction of sp³-hybridized carbons (Fsp3) is 0.0769. The molecule has 0 saturated carbocycles. The highest BCUT2D eigenvalue weighted by atomic mass is 32.2. The van der Waals surface area contributed by atoms with E-state index in [-0.39, 0.29) is 26.4 Å². The summed E-state index contributed by atoms with van der Waals surface area (Å²) in [6, 6.07) is 8.56. The second kappa shape index (κ2) is 6.20. The Kier molecular flexibility index (Phi) is 4.66. The smallest absolute Gasteiger partial charge is 0.258 e. The van der Waals surface area contributed by atoms with E-state index in [2.05, 4.69) is 0 Å². The van der Waals surface area contributed by atoms with Crippen molar-refractivity contribution in [3.05, 3.63) is 58.6 Å². The summed E-state index contributed by atoms with van der Waals surface area (Å²) < 4.78 is 61.4. The van der Waals surface area contributed by atoms with Crippen LogP contribution in [0.2, 0.25) is 0 Å². The summed E-state index contributed by atoms with van der Waals surface area (Å²) in [5, 5.41) is 10.7. The molecule has 0 radical (unpaired) electrons. The van der Waals surface area contributed by atoms with Crippen LogP contribution in [0.4, 0.5) is 18.9 Å². The van der Waals surface area contributed by atoms with Gasteiger partial charge in [0.2, 0.25) is 9.84 Å². The van der Waals surface area contributed by atoms with Gasteiger partial charge in [-0.25, -0.2) is 8.42 Å². The van der Waals surface area contributed by atoms with Gasteiger partial charge in [0.25, 0.3) is 5.69 Å². The molecule has 0 fully saturated rings. The largest absolute Gasteiger partial charge is 0.446 e. The number of hydrogen-bond donors (Lipinski definition) is 0. The Balaban J connectivity index is 2.37. The molecule has 0 amide bonds. The van der Waals surface area contributed by atoms with Crippen molar-refractivity contribution >= 4 is 27.3 Å². The highest BCUT2D eigenvalue weighted by molar-refractivity contribution is 8.00. The number of nitro groups is 1. The Bertz CT molecular complexity index is 833. The Morgan fingerprint density at radius 2 is 1.61 bits per heavy atom. The normalized spacial score (nSPS) is 12.1. The van der Waals surface area contributed by atoms with E-state index in [0.717, 1.165) is 36.4 Å². The summed E-state index contributed by atoms with van der Waals surface area (Å²) in [4.78, 5) is 9.26. The third kappa shape index (κ3) is 4.23. The minimum atomic E-state index is -4.47. The number of thioether (sulfide) groups is 1. The van der Waals surface area contributed by atoms with Gasteiger partial charge in [-0.15, -0.1) is 0 Å². The molecule has 0 saturated heterocycles. The maximum Gasteiger partial charge on any atom is 0.446 e. The van der Waals surface area contributed by atoms with Crippen LogP contribution in [0.3, 0.4) is 0 Å². The molecule has 0 aromatic heterocycles. The maximum absolute atomic E-state index is 12.4. The number of benzene rings is 2. The summed E-state index contributed by atoms with van der Waals surface area (Å²) in [7, 11) is -4.05. The van der Waals surface area contributed by atoms with Crippen molar-refractivity contribution in [2.75, 3.05) is 0 Å². The Labute approximate surface area is 133 Å². The highest BCUT2D eigenvalue weighted by Crippen LogP contribution is 2.37. The van der Waals surface area contributed by atoms with Gasteiger partial charge in [-0.2, -0.15) is 13.2 Å². The van der Waals surface area contributed by atoms with Crippen molar-refractivity contribution in [1.29, 1.82) is 0 Å². The van der Waals surface area contributed by atoms with Gasteiger partial charge < -0.3 is 0 Å². The number of non-ortho nitro benzene ring substituents is 1. The van der Waals surface area contributed by atoms with E-state index >= 15 is 0 Å².